The van der Waals surface area contributed by atoms with Crippen LogP contribution in [-0.2, 0) is 0 Å². The standard InChI is InChI=1S/C15H16ClNO/c1-11(10-17)14-4-2-3-5-15(14)18-13-8-6-12(16)7-9-13/h2-9,11H,10,17H2,1H3. The number of benzene rings is 2. The first-order valence-electron chi connectivity index (χ1n) is 5.93. The van der Waals surface area contributed by atoms with Crippen LogP contribution in [-0.4, -0.2) is 6.54 Å². The average Bonchev–Trinajstić information content (AvgIpc) is 2.41. The molecule has 0 radical (unpaired) electrons. The van der Waals surface area contributed by atoms with Gasteiger partial charge in [0.15, 0.2) is 0 Å². The Hall–Kier alpha value is -1.51. The molecule has 0 aliphatic rings. The van der Waals surface area contributed by atoms with E-state index in [0.29, 0.717) is 11.6 Å². The van der Waals surface area contributed by atoms with Gasteiger partial charge in [-0.25, -0.2) is 0 Å². The Morgan fingerprint density at radius 3 is 2.44 bits per heavy atom. The van der Waals surface area contributed by atoms with Crippen LogP contribution in [0.4, 0.5) is 0 Å². The molecule has 0 amide bonds. The number of ether oxygens (including phenoxy) is 1. The van der Waals surface area contributed by atoms with Crippen molar-refractivity contribution in [1.82, 2.24) is 0 Å². The van der Waals surface area contributed by atoms with Gasteiger partial charge in [-0.05, 0) is 48.4 Å². The zero-order valence-electron chi connectivity index (χ0n) is 10.3. The largest absolute Gasteiger partial charge is 0.457 e. The average molecular weight is 262 g/mol. The van der Waals surface area contributed by atoms with Crippen molar-refractivity contribution >= 4 is 11.6 Å². The Balaban J connectivity index is 2.26. The van der Waals surface area contributed by atoms with Gasteiger partial charge in [0.05, 0.1) is 0 Å². The fraction of sp³-hybridized carbons (Fsp3) is 0.200. The summed E-state index contributed by atoms with van der Waals surface area (Å²) < 4.78 is 5.87. The highest BCUT2D eigenvalue weighted by Crippen LogP contribution is 2.30. The maximum Gasteiger partial charge on any atom is 0.130 e. The summed E-state index contributed by atoms with van der Waals surface area (Å²) in [7, 11) is 0. The highest BCUT2D eigenvalue weighted by Gasteiger charge is 2.10. The van der Waals surface area contributed by atoms with E-state index < -0.39 is 0 Å². The Bertz CT molecular complexity index is 510. The van der Waals surface area contributed by atoms with Crippen molar-refractivity contribution in [3.63, 3.8) is 0 Å². The second kappa shape index (κ2) is 5.89. The Labute approximate surface area is 112 Å². The van der Waals surface area contributed by atoms with Crippen LogP contribution in [0, 0.1) is 0 Å². The van der Waals surface area contributed by atoms with E-state index in [1.807, 2.05) is 48.5 Å². The molecule has 0 saturated carbocycles. The zero-order chi connectivity index (χ0) is 13.0. The van der Waals surface area contributed by atoms with Gasteiger partial charge in [0, 0.05) is 5.02 Å². The lowest BCUT2D eigenvalue weighted by Gasteiger charge is -2.15. The van der Waals surface area contributed by atoms with Crippen LogP contribution in [0.2, 0.25) is 5.02 Å². The summed E-state index contributed by atoms with van der Waals surface area (Å²) >= 11 is 5.85. The molecular formula is C15H16ClNO. The number of hydrogen-bond donors (Lipinski definition) is 1. The van der Waals surface area contributed by atoms with Crippen molar-refractivity contribution in [3.05, 3.63) is 59.1 Å². The van der Waals surface area contributed by atoms with Crippen LogP contribution in [0.3, 0.4) is 0 Å². The molecule has 0 aliphatic heterocycles. The minimum atomic E-state index is 0.272. The number of hydrogen-bond acceptors (Lipinski definition) is 2. The van der Waals surface area contributed by atoms with Crippen molar-refractivity contribution in [2.24, 2.45) is 5.73 Å². The van der Waals surface area contributed by atoms with Crippen molar-refractivity contribution in [3.8, 4) is 11.5 Å². The Kier molecular flexibility index (Phi) is 4.24. The van der Waals surface area contributed by atoms with Crippen LogP contribution < -0.4 is 10.5 Å². The van der Waals surface area contributed by atoms with Crippen molar-refractivity contribution in [1.29, 1.82) is 0 Å². The topological polar surface area (TPSA) is 35.2 Å². The monoisotopic (exact) mass is 261 g/mol. The first kappa shape index (κ1) is 12.9. The highest BCUT2D eigenvalue weighted by atomic mass is 35.5. The van der Waals surface area contributed by atoms with Crippen molar-refractivity contribution < 1.29 is 4.74 Å². The molecule has 0 spiro atoms. The van der Waals surface area contributed by atoms with E-state index >= 15 is 0 Å². The van der Waals surface area contributed by atoms with Gasteiger partial charge in [-0.3, -0.25) is 0 Å². The first-order valence-corrected chi connectivity index (χ1v) is 6.31. The molecule has 3 heteroatoms. The van der Waals surface area contributed by atoms with E-state index in [4.69, 9.17) is 22.1 Å². The lowest BCUT2D eigenvalue weighted by Crippen LogP contribution is -2.09. The lowest BCUT2D eigenvalue weighted by atomic mass is 10.0. The number of para-hydroxylation sites is 1. The number of rotatable bonds is 4. The number of nitrogens with two attached hydrogens (primary N) is 1. The van der Waals surface area contributed by atoms with E-state index in [1.165, 1.54) is 0 Å². The summed E-state index contributed by atoms with van der Waals surface area (Å²) in [6.45, 7) is 2.69. The van der Waals surface area contributed by atoms with Crippen LogP contribution in [0.15, 0.2) is 48.5 Å². The molecule has 0 aliphatic carbocycles. The van der Waals surface area contributed by atoms with Gasteiger partial charge in [-0.2, -0.15) is 0 Å². The molecule has 0 bridgehead atoms. The van der Waals surface area contributed by atoms with E-state index in [0.717, 1.165) is 17.1 Å². The summed E-state index contributed by atoms with van der Waals surface area (Å²) in [6, 6.07) is 15.3. The first-order chi connectivity index (χ1) is 8.70. The molecule has 0 fully saturated rings. The van der Waals surface area contributed by atoms with Gasteiger partial charge >= 0.3 is 0 Å². The third-order valence-corrected chi connectivity index (χ3v) is 3.10. The fourth-order valence-corrected chi connectivity index (χ4v) is 1.86. The molecular weight excluding hydrogens is 246 g/mol. The zero-order valence-corrected chi connectivity index (χ0v) is 11.0. The molecule has 2 nitrogen and oxygen atoms in total. The predicted octanol–water partition coefficient (Wildman–Crippen LogP) is 4.19. The van der Waals surface area contributed by atoms with Gasteiger partial charge in [0.25, 0.3) is 0 Å². The molecule has 0 saturated heterocycles. The Morgan fingerprint density at radius 2 is 1.78 bits per heavy atom. The van der Waals surface area contributed by atoms with E-state index in [-0.39, 0.29) is 5.92 Å². The summed E-state index contributed by atoms with van der Waals surface area (Å²) in [4.78, 5) is 0. The van der Waals surface area contributed by atoms with Crippen molar-refractivity contribution in [2.45, 2.75) is 12.8 Å². The molecule has 2 N–H and O–H groups in total. The molecule has 2 aromatic rings. The quantitative estimate of drug-likeness (QED) is 0.895. The van der Waals surface area contributed by atoms with Gasteiger partial charge in [0.1, 0.15) is 11.5 Å². The summed E-state index contributed by atoms with van der Waals surface area (Å²) in [5, 5.41) is 0.700. The minimum Gasteiger partial charge on any atom is -0.457 e. The van der Waals surface area contributed by atoms with E-state index in [2.05, 4.69) is 6.92 Å². The molecule has 2 rings (SSSR count). The second-order valence-corrected chi connectivity index (χ2v) is 4.67. The smallest absolute Gasteiger partial charge is 0.130 e. The third-order valence-electron chi connectivity index (χ3n) is 2.84. The maximum absolute atomic E-state index is 5.87. The molecule has 1 unspecified atom stereocenters. The SMILES string of the molecule is CC(CN)c1ccccc1Oc1ccc(Cl)cc1. The van der Waals surface area contributed by atoms with E-state index in [9.17, 15) is 0 Å². The van der Waals surface area contributed by atoms with Crippen LogP contribution in [0.5, 0.6) is 11.5 Å². The summed E-state index contributed by atoms with van der Waals surface area (Å²) in [6.07, 6.45) is 0. The molecule has 2 aromatic carbocycles. The maximum atomic E-state index is 5.87. The summed E-state index contributed by atoms with van der Waals surface area (Å²) in [5.74, 6) is 1.89. The molecule has 1 atom stereocenters. The van der Waals surface area contributed by atoms with Gasteiger partial charge in [-0.1, -0.05) is 36.7 Å². The van der Waals surface area contributed by atoms with Gasteiger partial charge < -0.3 is 10.5 Å². The van der Waals surface area contributed by atoms with E-state index in [1.54, 1.807) is 0 Å². The minimum absolute atomic E-state index is 0.272. The molecule has 18 heavy (non-hydrogen) atoms. The van der Waals surface area contributed by atoms with Gasteiger partial charge in [0.2, 0.25) is 0 Å². The lowest BCUT2D eigenvalue weighted by molar-refractivity contribution is 0.471. The van der Waals surface area contributed by atoms with Gasteiger partial charge in [-0.15, -0.1) is 0 Å². The molecule has 0 heterocycles. The molecule has 0 aromatic heterocycles. The number of halogens is 1. The Morgan fingerprint density at radius 1 is 1.11 bits per heavy atom. The molecule has 94 valence electrons. The van der Waals surface area contributed by atoms with Crippen LogP contribution in [0.25, 0.3) is 0 Å². The van der Waals surface area contributed by atoms with Crippen molar-refractivity contribution in [2.75, 3.05) is 6.54 Å². The second-order valence-electron chi connectivity index (χ2n) is 4.23. The normalized spacial score (nSPS) is 12.2. The summed E-state index contributed by atoms with van der Waals surface area (Å²) in [5.41, 5.74) is 6.83. The predicted molar refractivity (Wildman–Crippen MR) is 75.4 cm³/mol. The van der Waals surface area contributed by atoms with Crippen LogP contribution in [0.1, 0.15) is 18.4 Å². The highest BCUT2D eigenvalue weighted by molar-refractivity contribution is 6.30. The van der Waals surface area contributed by atoms with Crippen LogP contribution >= 0.6 is 11.6 Å². The third kappa shape index (κ3) is 3.03. The fourth-order valence-electron chi connectivity index (χ4n) is 1.74.